The number of ketones is 1. The van der Waals surface area contributed by atoms with Gasteiger partial charge in [0.15, 0.2) is 5.78 Å². The molecule has 7 atom stereocenters. The van der Waals surface area contributed by atoms with E-state index in [1.165, 1.54) is 19.3 Å². The van der Waals surface area contributed by atoms with Gasteiger partial charge in [-0.05, 0) is 98.4 Å². The first-order valence-electron chi connectivity index (χ1n) is 10.8. The second-order valence-corrected chi connectivity index (χ2v) is 10.9. The number of rotatable bonds is 4. The van der Waals surface area contributed by atoms with Crippen molar-refractivity contribution >= 4 is 21.7 Å². The van der Waals surface area contributed by atoms with Crippen molar-refractivity contribution in [2.75, 3.05) is 19.0 Å². The molecule has 0 spiro atoms. The molecule has 3 fully saturated rings. The number of allylic oxidation sites excluding steroid dienone is 2. The van der Waals surface area contributed by atoms with Crippen molar-refractivity contribution in [1.82, 2.24) is 0 Å². The summed E-state index contributed by atoms with van der Waals surface area (Å²) in [5.74, 6) is 2.83. The van der Waals surface area contributed by atoms with Crippen molar-refractivity contribution in [2.45, 2.75) is 70.8 Å². The molecule has 0 radical (unpaired) electrons. The number of methoxy groups -OCH3 is 1. The van der Waals surface area contributed by atoms with Crippen molar-refractivity contribution < 1.29 is 14.6 Å². The van der Waals surface area contributed by atoms with Crippen LogP contribution in [0.2, 0.25) is 0 Å². The topological polar surface area (TPSA) is 46.5 Å². The fraction of sp³-hybridized carbons (Fsp3) is 0.870. The maximum atomic E-state index is 12.5. The number of fused-ring (bicyclic) bond motifs is 5. The number of hydrogen-bond acceptors (Lipinski definition) is 3. The Morgan fingerprint density at radius 2 is 2.00 bits per heavy atom. The number of carbonyl (C=O) groups excluding carboxylic acids is 1. The Morgan fingerprint density at radius 3 is 2.70 bits per heavy atom. The average molecular weight is 439 g/mol. The first-order valence-corrected chi connectivity index (χ1v) is 11.9. The van der Waals surface area contributed by atoms with E-state index in [0.717, 1.165) is 44.3 Å². The van der Waals surface area contributed by atoms with Gasteiger partial charge in [-0.2, -0.15) is 0 Å². The Balaban J connectivity index is 1.64. The van der Waals surface area contributed by atoms with Crippen LogP contribution < -0.4 is 0 Å². The molecular weight excluding hydrogens is 404 g/mol. The Kier molecular flexibility index (Phi) is 5.17. The van der Waals surface area contributed by atoms with Gasteiger partial charge >= 0.3 is 0 Å². The normalized spacial score (nSPS) is 49.0. The molecule has 0 aromatic heterocycles. The van der Waals surface area contributed by atoms with Crippen molar-refractivity contribution in [1.29, 1.82) is 0 Å². The molecule has 0 bridgehead atoms. The third kappa shape index (κ3) is 3.00. The fourth-order valence-corrected chi connectivity index (χ4v) is 8.16. The summed E-state index contributed by atoms with van der Waals surface area (Å²) >= 11 is 3.39. The van der Waals surface area contributed by atoms with E-state index in [0.29, 0.717) is 29.0 Å². The van der Waals surface area contributed by atoms with Crippen molar-refractivity contribution in [3.8, 4) is 0 Å². The number of alkyl halides is 1. The zero-order chi connectivity index (χ0) is 19.4. The highest BCUT2D eigenvalue weighted by molar-refractivity contribution is 9.09. The summed E-state index contributed by atoms with van der Waals surface area (Å²) < 4.78 is 5.82. The van der Waals surface area contributed by atoms with Crippen LogP contribution in [0.15, 0.2) is 11.6 Å². The number of carbonyl (C=O) groups is 1. The second-order valence-electron chi connectivity index (χ2n) is 10.4. The van der Waals surface area contributed by atoms with E-state index < -0.39 is 5.60 Å². The van der Waals surface area contributed by atoms with Crippen molar-refractivity contribution in [3.63, 3.8) is 0 Å². The number of halogens is 1. The summed E-state index contributed by atoms with van der Waals surface area (Å²) in [6, 6.07) is 0. The number of aliphatic hydroxyl groups is 1. The third-order valence-corrected chi connectivity index (χ3v) is 9.58. The molecule has 4 aliphatic rings. The molecule has 3 nitrogen and oxygen atoms in total. The highest BCUT2D eigenvalue weighted by Crippen LogP contribution is 2.67. The van der Waals surface area contributed by atoms with Crippen LogP contribution in [0, 0.1) is 34.5 Å². The Hall–Kier alpha value is -0.190. The fourth-order valence-electron chi connectivity index (χ4n) is 7.85. The van der Waals surface area contributed by atoms with Gasteiger partial charge in [0.25, 0.3) is 0 Å². The molecule has 3 saturated carbocycles. The summed E-state index contributed by atoms with van der Waals surface area (Å²) in [6.07, 6.45) is 11.0. The first-order chi connectivity index (χ1) is 12.8. The number of Topliss-reactive ketones (excluding diaryl/α,β-unsaturated/α-hetero) is 1. The quantitative estimate of drug-likeness (QED) is 0.634. The van der Waals surface area contributed by atoms with Gasteiger partial charge in [-0.1, -0.05) is 28.9 Å². The highest BCUT2D eigenvalue weighted by atomic mass is 79.9. The summed E-state index contributed by atoms with van der Waals surface area (Å²) in [4.78, 5) is 12.5. The van der Waals surface area contributed by atoms with Crippen LogP contribution in [-0.2, 0) is 9.53 Å². The summed E-state index contributed by atoms with van der Waals surface area (Å²) in [7, 11) is 1.85. The molecule has 1 N–H and O–H groups in total. The van der Waals surface area contributed by atoms with Crippen LogP contribution >= 0.6 is 15.9 Å². The van der Waals surface area contributed by atoms with Gasteiger partial charge in [0.2, 0.25) is 0 Å². The summed E-state index contributed by atoms with van der Waals surface area (Å²) in [5.41, 5.74) is 0.872. The van der Waals surface area contributed by atoms with Gasteiger partial charge in [0, 0.05) is 7.11 Å². The van der Waals surface area contributed by atoms with E-state index in [1.807, 2.05) is 14.0 Å². The minimum Gasteiger partial charge on any atom is -0.390 e. The molecule has 0 aromatic carbocycles. The Morgan fingerprint density at radius 1 is 1.22 bits per heavy atom. The SMILES string of the molecule is COC[C@]12CC[C@@](C)(O)C[C@@H]1CC[C@@H]1[C@@H]2CC[C@]2(C)C(C(=O)CBr)=CC[C@@H]12. The maximum absolute atomic E-state index is 12.5. The van der Waals surface area contributed by atoms with E-state index in [4.69, 9.17) is 4.74 Å². The molecular formula is C23H35BrO3. The van der Waals surface area contributed by atoms with Gasteiger partial charge in [0.05, 0.1) is 17.5 Å². The molecule has 0 saturated heterocycles. The Labute approximate surface area is 172 Å². The van der Waals surface area contributed by atoms with E-state index in [-0.39, 0.29) is 16.6 Å². The van der Waals surface area contributed by atoms with E-state index in [9.17, 15) is 9.90 Å². The van der Waals surface area contributed by atoms with Crippen LogP contribution in [0.1, 0.15) is 65.2 Å². The molecule has 27 heavy (non-hydrogen) atoms. The van der Waals surface area contributed by atoms with Crippen molar-refractivity contribution in [2.24, 2.45) is 34.5 Å². The minimum atomic E-state index is -0.512. The molecule has 0 heterocycles. The predicted molar refractivity (Wildman–Crippen MR) is 111 cm³/mol. The Bertz CT molecular complexity index is 642. The van der Waals surface area contributed by atoms with Gasteiger partial charge in [-0.15, -0.1) is 0 Å². The molecule has 4 heteroatoms. The average Bonchev–Trinajstić information content (AvgIpc) is 2.98. The molecule has 4 aliphatic carbocycles. The predicted octanol–water partition coefficient (Wildman–Crippen LogP) is 4.91. The van der Waals surface area contributed by atoms with Gasteiger partial charge in [-0.25, -0.2) is 0 Å². The molecule has 152 valence electrons. The lowest BCUT2D eigenvalue weighted by atomic mass is 9.43. The molecule has 0 aromatic rings. The lowest BCUT2D eigenvalue weighted by Gasteiger charge is -2.62. The van der Waals surface area contributed by atoms with Gasteiger partial charge < -0.3 is 9.84 Å². The monoisotopic (exact) mass is 438 g/mol. The molecule has 4 rings (SSSR count). The van der Waals surface area contributed by atoms with E-state index in [2.05, 4.69) is 28.9 Å². The van der Waals surface area contributed by atoms with Gasteiger partial charge in [0.1, 0.15) is 0 Å². The van der Waals surface area contributed by atoms with Crippen LogP contribution in [0.25, 0.3) is 0 Å². The molecule has 0 aliphatic heterocycles. The van der Waals surface area contributed by atoms with E-state index in [1.54, 1.807) is 0 Å². The lowest BCUT2D eigenvalue weighted by Crippen LogP contribution is -2.58. The van der Waals surface area contributed by atoms with E-state index >= 15 is 0 Å². The minimum absolute atomic E-state index is 0.0628. The van der Waals surface area contributed by atoms with Crippen LogP contribution in [0.3, 0.4) is 0 Å². The zero-order valence-corrected chi connectivity index (χ0v) is 18.7. The second kappa shape index (κ2) is 6.95. The summed E-state index contributed by atoms with van der Waals surface area (Å²) in [5, 5.41) is 11.2. The first kappa shape index (κ1) is 20.1. The van der Waals surface area contributed by atoms with Gasteiger partial charge in [-0.3, -0.25) is 4.79 Å². The third-order valence-electron chi connectivity index (χ3n) is 9.07. The zero-order valence-electron chi connectivity index (χ0n) is 17.1. The standard InChI is InChI=1S/C23H35BrO3/c1-21(26)10-11-23(14-27-3)15(12-21)4-5-16-17-6-7-19(20(25)13-24)22(17,2)9-8-18(16)23/h7,15-18,26H,4-6,8-14H2,1-3H3/t15-,16-,17-,18-,21+,22-,23+/m0/s1. The van der Waals surface area contributed by atoms with Crippen molar-refractivity contribution in [3.05, 3.63) is 11.6 Å². The largest absolute Gasteiger partial charge is 0.390 e. The van der Waals surface area contributed by atoms with Crippen LogP contribution in [0.5, 0.6) is 0 Å². The number of ether oxygens (including phenoxy) is 1. The lowest BCUT2D eigenvalue weighted by molar-refractivity contribution is -0.170. The number of hydrogen-bond donors (Lipinski definition) is 1. The maximum Gasteiger partial charge on any atom is 0.169 e. The highest BCUT2D eigenvalue weighted by Gasteiger charge is 2.61. The molecule has 0 amide bonds. The van der Waals surface area contributed by atoms with Crippen LogP contribution in [0.4, 0.5) is 0 Å². The smallest absolute Gasteiger partial charge is 0.169 e. The molecule has 0 unspecified atom stereocenters. The van der Waals surface area contributed by atoms with Crippen LogP contribution in [-0.4, -0.2) is 35.5 Å². The summed E-state index contributed by atoms with van der Waals surface area (Å²) in [6.45, 7) is 5.21.